The molecule has 3 aliphatic rings. The van der Waals surface area contributed by atoms with Crippen LogP contribution >= 0.6 is 0 Å². The van der Waals surface area contributed by atoms with Gasteiger partial charge in [-0.2, -0.15) is 0 Å². The Labute approximate surface area is 132 Å². The highest BCUT2D eigenvalue weighted by Crippen LogP contribution is 2.57. The molecule has 0 bridgehead atoms. The predicted molar refractivity (Wildman–Crippen MR) is 85.1 cm³/mol. The van der Waals surface area contributed by atoms with Gasteiger partial charge >= 0.3 is 5.97 Å². The third-order valence-corrected chi connectivity index (χ3v) is 5.83. The fourth-order valence-corrected chi connectivity index (χ4v) is 4.91. The van der Waals surface area contributed by atoms with Gasteiger partial charge in [0.25, 0.3) is 0 Å². The zero-order valence-corrected chi connectivity index (χ0v) is 14.2. The molecule has 1 aliphatic heterocycles. The molecule has 0 spiro atoms. The van der Waals surface area contributed by atoms with E-state index >= 15 is 0 Å². The maximum atomic E-state index is 12.6. The van der Waals surface area contributed by atoms with Crippen molar-refractivity contribution in [1.82, 2.24) is 0 Å². The average Bonchev–Trinajstić information content (AvgIpc) is 2.73. The van der Waals surface area contributed by atoms with E-state index in [1.54, 1.807) is 6.92 Å². The van der Waals surface area contributed by atoms with Crippen LogP contribution in [-0.2, 0) is 14.3 Å². The number of carbonyl (C=O) groups is 2. The van der Waals surface area contributed by atoms with E-state index in [0.29, 0.717) is 11.8 Å². The summed E-state index contributed by atoms with van der Waals surface area (Å²) in [5, 5.41) is 0. The Morgan fingerprint density at radius 1 is 1.23 bits per heavy atom. The van der Waals surface area contributed by atoms with E-state index in [1.807, 2.05) is 13.8 Å². The first-order valence-electron chi connectivity index (χ1n) is 8.43. The van der Waals surface area contributed by atoms with Crippen molar-refractivity contribution in [3.05, 3.63) is 22.8 Å². The molecule has 1 fully saturated rings. The van der Waals surface area contributed by atoms with Crippen LogP contribution in [0.2, 0.25) is 0 Å². The topological polar surface area (TPSA) is 43.4 Å². The van der Waals surface area contributed by atoms with Gasteiger partial charge in [-0.05, 0) is 63.4 Å². The molecular weight excluding hydrogens is 276 g/mol. The number of rotatable bonds is 2. The number of esters is 1. The molecule has 1 saturated carbocycles. The third kappa shape index (κ3) is 1.94. The highest BCUT2D eigenvalue weighted by Gasteiger charge is 2.62. The highest BCUT2D eigenvalue weighted by atomic mass is 16.6. The Bertz CT molecular complexity index is 594. The van der Waals surface area contributed by atoms with Gasteiger partial charge in [0.15, 0.2) is 11.4 Å². The summed E-state index contributed by atoms with van der Waals surface area (Å²) in [7, 11) is 0. The molecule has 0 saturated heterocycles. The Kier molecular flexibility index (Phi) is 3.58. The Morgan fingerprint density at radius 3 is 2.50 bits per heavy atom. The van der Waals surface area contributed by atoms with Gasteiger partial charge in [-0.3, -0.25) is 4.79 Å². The largest absolute Gasteiger partial charge is 0.442 e. The van der Waals surface area contributed by atoms with E-state index < -0.39 is 5.60 Å². The number of allylic oxidation sites excluding steroid dienone is 1. The molecule has 0 amide bonds. The minimum Gasteiger partial charge on any atom is -0.442 e. The number of carbonyl (C=O) groups excluding carboxylic acids is 2. The molecule has 0 aromatic carbocycles. The molecule has 3 heteroatoms. The molecule has 1 heterocycles. The molecule has 3 nitrogen and oxygen atoms in total. The molecule has 0 N–H and O–H groups in total. The smallest absolute Gasteiger partial charge is 0.335 e. The molecular formula is C19H26O3. The summed E-state index contributed by atoms with van der Waals surface area (Å²) >= 11 is 0. The van der Waals surface area contributed by atoms with Crippen LogP contribution in [0.25, 0.3) is 0 Å². The normalized spacial score (nSPS) is 40.1. The molecule has 2 aliphatic carbocycles. The Balaban J connectivity index is 2.24. The minimum atomic E-state index is -1.02. The quantitative estimate of drug-likeness (QED) is 0.575. The SMILES string of the molecule is CC(=O)[C@@]12OC(=O)C3=C1[C@H](CC[C@@H]3C)[C@@H](C)CC2C=C(C)C. The van der Waals surface area contributed by atoms with Crippen molar-refractivity contribution >= 4 is 11.8 Å². The zero-order chi connectivity index (χ0) is 16.2. The second-order valence-electron chi connectivity index (χ2n) is 7.66. The van der Waals surface area contributed by atoms with E-state index in [9.17, 15) is 9.59 Å². The zero-order valence-electron chi connectivity index (χ0n) is 14.2. The monoisotopic (exact) mass is 302 g/mol. The van der Waals surface area contributed by atoms with Crippen LogP contribution in [-0.4, -0.2) is 17.4 Å². The van der Waals surface area contributed by atoms with E-state index in [-0.39, 0.29) is 23.6 Å². The average molecular weight is 302 g/mol. The Hall–Kier alpha value is -1.38. The van der Waals surface area contributed by atoms with Gasteiger partial charge in [0.05, 0.1) is 0 Å². The van der Waals surface area contributed by atoms with Crippen molar-refractivity contribution in [2.75, 3.05) is 0 Å². The van der Waals surface area contributed by atoms with Crippen LogP contribution in [0.1, 0.15) is 53.9 Å². The summed E-state index contributed by atoms with van der Waals surface area (Å²) in [6.07, 6.45) is 5.13. The van der Waals surface area contributed by atoms with Crippen molar-refractivity contribution < 1.29 is 14.3 Å². The number of ketones is 1. The predicted octanol–water partition coefficient (Wildman–Crippen LogP) is 3.84. The lowest BCUT2D eigenvalue weighted by molar-refractivity contribution is -0.161. The van der Waals surface area contributed by atoms with Crippen LogP contribution in [0, 0.1) is 23.7 Å². The van der Waals surface area contributed by atoms with Crippen LogP contribution in [0.15, 0.2) is 22.8 Å². The van der Waals surface area contributed by atoms with Crippen molar-refractivity contribution in [2.24, 2.45) is 23.7 Å². The van der Waals surface area contributed by atoms with Gasteiger partial charge in [-0.15, -0.1) is 0 Å². The van der Waals surface area contributed by atoms with Crippen LogP contribution in [0.3, 0.4) is 0 Å². The van der Waals surface area contributed by atoms with E-state index in [4.69, 9.17) is 4.74 Å². The fraction of sp³-hybridized carbons (Fsp3) is 0.684. The van der Waals surface area contributed by atoms with Crippen molar-refractivity contribution in [3.8, 4) is 0 Å². The second kappa shape index (κ2) is 5.07. The summed E-state index contributed by atoms with van der Waals surface area (Å²) in [4.78, 5) is 25.2. The van der Waals surface area contributed by atoms with Gasteiger partial charge in [-0.1, -0.05) is 25.5 Å². The molecule has 0 aromatic rings. The van der Waals surface area contributed by atoms with Crippen LogP contribution in [0.4, 0.5) is 0 Å². The molecule has 0 radical (unpaired) electrons. The number of hydrogen-bond donors (Lipinski definition) is 0. The molecule has 22 heavy (non-hydrogen) atoms. The summed E-state index contributed by atoms with van der Waals surface area (Å²) in [5.41, 5.74) is 2.00. The molecule has 3 rings (SSSR count). The minimum absolute atomic E-state index is 0.0145. The van der Waals surface area contributed by atoms with Crippen molar-refractivity contribution in [2.45, 2.75) is 59.5 Å². The molecule has 1 unspecified atom stereocenters. The summed E-state index contributed by atoms with van der Waals surface area (Å²) in [6.45, 7) is 10.0. The van der Waals surface area contributed by atoms with Crippen LogP contribution in [0.5, 0.6) is 0 Å². The lowest BCUT2D eigenvalue weighted by atomic mass is 9.57. The first-order chi connectivity index (χ1) is 10.3. The highest BCUT2D eigenvalue weighted by molar-refractivity contribution is 6.03. The lowest BCUT2D eigenvalue weighted by Gasteiger charge is -2.47. The number of hydrogen-bond acceptors (Lipinski definition) is 3. The fourth-order valence-electron chi connectivity index (χ4n) is 4.91. The maximum Gasteiger partial charge on any atom is 0.335 e. The van der Waals surface area contributed by atoms with E-state index in [1.165, 1.54) is 5.57 Å². The lowest BCUT2D eigenvalue weighted by Crippen LogP contribution is -2.53. The van der Waals surface area contributed by atoms with E-state index in [0.717, 1.165) is 30.4 Å². The Morgan fingerprint density at radius 2 is 1.91 bits per heavy atom. The summed E-state index contributed by atoms with van der Waals surface area (Å²) in [6, 6.07) is 0. The summed E-state index contributed by atoms with van der Waals surface area (Å²) in [5.74, 6) is 0.729. The first-order valence-corrected chi connectivity index (χ1v) is 8.43. The van der Waals surface area contributed by atoms with Gasteiger partial charge in [0, 0.05) is 11.5 Å². The summed E-state index contributed by atoms with van der Waals surface area (Å²) < 4.78 is 5.85. The van der Waals surface area contributed by atoms with E-state index in [2.05, 4.69) is 19.9 Å². The van der Waals surface area contributed by atoms with Gasteiger partial charge in [0.1, 0.15) is 0 Å². The standard InChI is InChI=1S/C19H26O3/c1-10(2)8-14-9-12(4)15-7-6-11(3)16-17(15)19(14,13(5)20)22-18(16)21/h8,11-12,14-15H,6-7,9H2,1-5H3/t11-,12-,14?,15+,19-/m0/s1. The molecule has 5 atom stereocenters. The maximum absolute atomic E-state index is 12.6. The second-order valence-corrected chi connectivity index (χ2v) is 7.66. The molecule has 120 valence electrons. The van der Waals surface area contributed by atoms with Gasteiger partial charge in [0.2, 0.25) is 0 Å². The number of Topliss-reactive ketones (excluding diaryl/α,β-unsaturated/α-hetero) is 1. The van der Waals surface area contributed by atoms with Crippen molar-refractivity contribution in [1.29, 1.82) is 0 Å². The first kappa shape index (κ1) is 15.5. The van der Waals surface area contributed by atoms with Gasteiger partial charge < -0.3 is 4.74 Å². The van der Waals surface area contributed by atoms with Crippen LogP contribution < -0.4 is 0 Å². The number of ether oxygens (including phenoxy) is 1. The third-order valence-electron chi connectivity index (χ3n) is 5.83. The molecule has 0 aromatic heterocycles. The van der Waals surface area contributed by atoms with Gasteiger partial charge in [-0.25, -0.2) is 4.79 Å². The van der Waals surface area contributed by atoms with Crippen molar-refractivity contribution in [3.63, 3.8) is 0 Å².